The monoisotopic (exact) mass is 274 g/mol. The van der Waals surface area contributed by atoms with Crippen LogP contribution in [0.15, 0.2) is 36.4 Å². The molecule has 0 heterocycles. The van der Waals surface area contributed by atoms with Gasteiger partial charge in [0.25, 0.3) is 5.91 Å². The first-order valence-corrected chi connectivity index (χ1v) is 6.61. The lowest BCUT2D eigenvalue weighted by Gasteiger charge is -2.09. The molecule has 20 heavy (non-hydrogen) atoms. The van der Waals surface area contributed by atoms with Gasteiger partial charge in [-0.3, -0.25) is 9.59 Å². The number of carbonyl (C=O) groups excluding carboxylic acids is 2. The van der Waals surface area contributed by atoms with Gasteiger partial charge < -0.3 is 15.8 Å². The second-order valence-corrected chi connectivity index (χ2v) is 4.80. The van der Waals surface area contributed by atoms with E-state index in [4.69, 9.17) is 10.5 Å². The zero-order valence-electron chi connectivity index (χ0n) is 11.2. The summed E-state index contributed by atoms with van der Waals surface area (Å²) in [6.45, 7) is -0.153. The number of anilines is 1. The Balaban J connectivity index is 1.81. The highest BCUT2D eigenvalue weighted by atomic mass is 16.5. The predicted molar refractivity (Wildman–Crippen MR) is 76.2 cm³/mol. The third kappa shape index (κ3) is 4.42. The first-order valence-electron chi connectivity index (χ1n) is 6.61. The Bertz CT molecular complexity index is 508. The lowest BCUT2D eigenvalue weighted by atomic mass is 10.1. The van der Waals surface area contributed by atoms with Crippen molar-refractivity contribution in [2.75, 3.05) is 11.9 Å². The molecule has 0 aliphatic heterocycles. The summed E-state index contributed by atoms with van der Waals surface area (Å²) in [5.41, 5.74) is 5.70. The Morgan fingerprint density at radius 2 is 2.05 bits per heavy atom. The molecule has 106 valence electrons. The molecule has 1 aliphatic carbocycles. The number of hydrogen-bond donors (Lipinski definition) is 2. The van der Waals surface area contributed by atoms with Crippen molar-refractivity contribution in [1.82, 2.24) is 0 Å². The number of carbonyl (C=O) groups is 2. The van der Waals surface area contributed by atoms with Crippen LogP contribution in [0, 0.1) is 5.92 Å². The summed E-state index contributed by atoms with van der Waals surface area (Å²) in [5.74, 6) is 0.382. The average molecular weight is 274 g/mol. The van der Waals surface area contributed by atoms with Gasteiger partial charge in [-0.15, -0.1) is 0 Å². The smallest absolute Gasteiger partial charge is 0.255 e. The number of amides is 2. The van der Waals surface area contributed by atoms with Gasteiger partial charge >= 0.3 is 0 Å². The molecule has 0 fully saturated rings. The van der Waals surface area contributed by atoms with Gasteiger partial charge in [-0.05, 0) is 43.0 Å². The van der Waals surface area contributed by atoms with Gasteiger partial charge in [-0.25, -0.2) is 0 Å². The van der Waals surface area contributed by atoms with E-state index in [2.05, 4.69) is 17.5 Å². The minimum absolute atomic E-state index is 0.00681. The molecule has 0 radical (unpaired) electrons. The molecule has 1 atom stereocenters. The van der Waals surface area contributed by atoms with Crippen LogP contribution < -0.4 is 15.8 Å². The number of nitrogens with one attached hydrogen (secondary N) is 1. The van der Waals surface area contributed by atoms with Crippen LogP contribution in [0.3, 0.4) is 0 Å². The van der Waals surface area contributed by atoms with Crippen LogP contribution in [0.2, 0.25) is 0 Å². The van der Waals surface area contributed by atoms with E-state index in [1.54, 1.807) is 24.3 Å². The summed E-state index contributed by atoms with van der Waals surface area (Å²) in [6, 6.07) is 6.85. The minimum Gasteiger partial charge on any atom is -0.484 e. The molecule has 5 heteroatoms. The molecule has 1 aromatic carbocycles. The van der Waals surface area contributed by atoms with Crippen molar-refractivity contribution in [3.8, 4) is 5.75 Å². The van der Waals surface area contributed by atoms with Crippen molar-refractivity contribution in [1.29, 1.82) is 0 Å². The van der Waals surface area contributed by atoms with Crippen molar-refractivity contribution in [2.24, 2.45) is 11.7 Å². The number of hydrogen-bond acceptors (Lipinski definition) is 3. The van der Waals surface area contributed by atoms with Gasteiger partial charge in [0.15, 0.2) is 6.61 Å². The molecule has 2 amide bonds. The number of nitrogens with two attached hydrogens (primary N) is 1. The summed E-state index contributed by atoms with van der Waals surface area (Å²) >= 11 is 0. The summed E-state index contributed by atoms with van der Waals surface area (Å²) in [6.07, 6.45) is 6.83. The molecule has 0 saturated carbocycles. The van der Waals surface area contributed by atoms with Crippen molar-refractivity contribution in [3.05, 3.63) is 36.4 Å². The third-order valence-corrected chi connectivity index (χ3v) is 3.08. The molecular formula is C15H18N2O3. The fourth-order valence-corrected chi connectivity index (χ4v) is 2.10. The fourth-order valence-electron chi connectivity index (χ4n) is 2.10. The van der Waals surface area contributed by atoms with E-state index < -0.39 is 5.91 Å². The Morgan fingerprint density at radius 1 is 1.30 bits per heavy atom. The number of allylic oxidation sites excluding steroid dienone is 2. The highest BCUT2D eigenvalue weighted by Crippen LogP contribution is 2.21. The zero-order valence-corrected chi connectivity index (χ0v) is 11.2. The number of benzene rings is 1. The van der Waals surface area contributed by atoms with Gasteiger partial charge in [0.1, 0.15) is 5.75 Å². The maximum Gasteiger partial charge on any atom is 0.255 e. The second-order valence-electron chi connectivity index (χ2n) is 4.80. The van der Waals surface area contributed by atoms with Crippen molar-refractivity contribution in [3.63, 3.8) is 0 Å². The normalized spacial score (nSPS) is 16.9. The largest absolute Gasteiger partial charge is 0.484 e. The standard InChI is InChI=1S/C15H18N2O3/c16-14(18)10-20-13-7-5-12(6-8-13)17-15(19)9-11-3-1-2-4-11/h1,3,5-8,11H,2,4,9-10H2,(H2,16,18)(H,17,19)/t11-/m1/s1. The maximum absolute atomic E-state index is 11.8. The zero-order chi connectivity index (χ0) is 14.4. The minimum atomic E-state index is -0.521. The number of primary amides is 1. The van der Waals surface area contributed by atoms with Crippen LogP contribution in [0.5, 0.6) is 5.75 Å². The lowest BCUT2D eigenvalue weighted by molar-refractivity contribution is -0.120. The first-order chi connectivity index (χ1) is 9.63. The summed E-state index contributed by atoms with van der Waals surface area (Å²) < 4.78 is 5.14. The van der Waals surface area contributed by atoms with Crippen molar-refractivity contribution >= 4 is 17.5 Å². The van der Waals surface area contributed by atoms with Gasteiger partial charge in [0, 0.05) is 12.1 Å². The molecule has 2 rings (SSSR count). The summed E-state index contributed by atoms with van der Waals surface area (Å²) in [7, 11) is 0. The maximum atomic E-state index is 11.8. The average Bonchev–Trinajstić information content (AvgIpc) is 2.90. The Kier molecular flexibility index (Phi) is 4.76. The van der Waals surface area contributed by atoms with E-state index in [9.17, 15) is 9.59 Å². The SMILES string of the molecule is NC(=O)COc1ccc(NC(=O)C[C@@H]2C=CCC2)cc1. The molecule has 0 bridgehead atoms. The second kappa shape index (κ2) is 6.75. The Hall–Kier alpha value is -2.30. The van der Waals surface area contributed by atoms with Crippen LogP contribution in [-0.4, -0.2) is 18.4 Å². The number of rotatable bonds is 6. The van der Waals surface area contributed by atoms with Gasteiger partial charge in [0.05, 0.1) is 0 Å². The van der Waals surface area contributed by atoms with Gasteiger partial charge in [-0.2, -0.15) is 0 Å². The molecule has 5 nitrogen and oxygen atoms in total. The molecule has 0 spiro atoms. The van der Waals surface area contributed by atoms with E-state index in [0.717, 1.165) is 12.8 Å². The third-order valence-electron chi connectivity index (χ3n) is 3.08. The molecule has 1 aliphatic rings. The Morgan fingerprint density at radius 3 is 2.65 bits per heavy atom. The highest BCUT2D eigenvalue weighted by molar-refractivity contribution is 5.91. The predicted octanol–water partition coefficient (Wildman–Crippen LogP) is 1.85. The van der Waals surface area contributed by atoms with Gasteiger partial charge in [-0.1, -0.05) is 12.2 Å². The van der Waals surface area contributed by atoms with Crippen LogP contribution in [0.25, 0.3) is 0 Å². The van der Waals surface area contributed by atoms with E-state index in [1.165, 1.54) is 0 Å². The van der Waals surface area contributed by atoms with Crippen molar-refractivity contribution < 1.29 is 14.3 Å². The van der Waals surface area contributed by atoms with E-state index in [1.807, 2.05) is 0 Å². The lowest BCUT2D eigenvalue weighted by Crippen LogP contribution is -2.20. The number of ether oxygens (including phenoxy) is 1. The Labute approximate surface area is 117 Å². The van der Waals surface area contributed by atoms with E-state index >= 15 is 0 Å². The molecule has 0 aromatic heterocycles. The van der Waals surface area contributed by atoms with Crippen LogP contribution in [0.4, 0.5) is 5.69 Å². The molecule has 0 saturated heterocycles. The van der Waals surface area contributed by atoms with Gasteiger partial charge in [0.2, 0.25) is 5.91 Å². The highest BCUT2D eigenvalue weighted by Gasteiger charge is 2.13. The van der Waals surface area contributed by atoms with E-state index in [-0.39, 0.29) is 12.5 Å². The van der Waals surface area contributed by atoms with E-state index in [0.29, 0.717) is 23.8 Å². The quantitative estimate of drug-likeness (QED) is 0.777. The van der Waals surface area contributed by atoms with Crippen LogP contribution >= 0.6 is 0 Å². The van der Waals surface area contributed by atoms with Crippen LogP contribution in [-0.2, 0) is 9.59 Å². The topological polar surface area (TPSA) is 81.4 Å². The fraction of sp³-hybridized carbons (Fsp3) is 0.333. The molecule has 0 unspecified atom stereocenters. The first kappa shape index (κ1) is 14.1. The summed E-state index contributed by atoms with van der Waals surface area (Å²) in [5, 5.41) is 2.84. The summed E-state index contributed by atoms with van der Waals surface area (Å²) in [4.78, 5) is 22.4. The van der Waals surface area contributed by atoms with Crippen molar-refractivity contribution in [2.45, 2.75) is 19.3 Å². The molecular weight excluding hydrogens is 256 g/mol. The van der Waals surface area contributed by atoms with Crippen LogP contribution in [0.1, 0.15) is 19.3 Å². The molecule has 3 N–H and O–H groups in total. The molecule has 1 aromatic rings.